The Bertz CT molecular complexity index is 623. The molecule has 0 unspecified atom stereocenters. The van der Waals surface area contributed by atoms with E-state index in [1.807, 2.05) is 32.0 Å². The summed E-state index contributed by atoms with van der Waals surface area (Å²) in [4.78, 5) is 4.11. The predicted molar refractivity (Wildman–Crippen MR) is 97.4 cm³/mol. The van der Waals surface area contributed by atoms with Crippen LogP contribution in [0.2, 0.25) is 0 Å². The number of hydrogen-bond donors (Lipinski definition) is 2. The normalized spacial score (nSPS) is 12.9. The lowest BCUT2D eigenvalue weighted by Crippen LogP contribution is -2.34. The smallest absolute Gasteiger partial charge is 0.215 e. The number of nitrogens with zero attached hydrogens (tertiary/aromatic N) is 2. The Morgan fingerprint density at radius 2 is 1.96 bits per heavy atom. The van der Waals surface area contributed by atoms with E-state index in [2.05, 4.69) is 30.2 Å². The number of nitrogens with two attached hydrogens (primary N) is 1. The average Bonchev–Trinajstić information content (AvgIpc) is 2.48. The number of guanidine groups is 1. The van der Waals surface area contributed by atoms with Crippen LogP contribution < -0.4 is 11.1 Å². The predicted octanol–water partition coefficient (Wildman–Crippen LogP) is 2.21. The number of hydrogen-bond acceptors (Lipinski definition) is 3. The molecule has 0 atom stereocenters. The maximum absolute atomic E-state index is 12.0. The van der Waals surface area contributed by atoms with Crippen molar-refractivity contribution in [3.8, 4) is 0 Å². The molecule has 0 saturated carbocycles. The Labute approximate surface area is 139 Å². The lowest BCUT2D eigenvalue weighted by atomic mass is 10.0. The summed E-state index contributed by atoms with van der Waals surface area (Å²) in [5.74, 6) is 0.609. The molecular weight excluding hydrogens is 312 g/mol. The monoisotopic (exact) mass is 340 g/mol. The van der Waals surface area contributed by atoms with Crippen molar-refractivity contribution in [3.63, 3.8) is 0 Å². The highest BCUT2D eigenvalue weighted by atomic mass is 32.2. The van der Waals surface area contributed by atoms with Gasteiger partial charge in [0.1, 0.15) is 0 Å². The van der Waals surface area contributed by atoms with Gasteiger partial charge in [-0.2, -0.15) is 0 Å². The van der Waals surface area contributed by atoms with Crippen LogP contribution in [0.1, 0.15) is 39.2 Å². The van der Waals surface area contributed by atoms with Crippen molar-refractivity contribution >= 4 is 21.7 Å². The van der Waals surface area contributed by atoms with Crippen LogP contribution in [0.25, 0.3) is 0 Å². The lowest BCUT2D eigenvalue weighted by Gasteiger charge is -2.17. The van der Waals surface area contributed by atoms with Crippen LogP contribution in [0, 0.1) is 0 Å². The molecule has 1 aromatic rings. The van der Waals surface area contributed by atoms with Crippen molar-refractivity contribution < 1.29 is 8.42 Å². The molecule has 130 valence electrons. The number of benzene rings is 1. The van der Waals surface area contributed by atoms with Gasteiger partial charge in [0, 0.05) is 18.8 Å². The van der Waals surface area contributed by atoms with Gasteiger partial charge < -0.3 is 11.1 Å². The third kappa shape index (κ3) is 6.19. The summed E-state index contributed by atoms with van der Waals surface area (Å²) >= 11 is 0. The fraction of sp³-hybridized carbons (Fsp3) is 0.562. The Kier molecular flexibility index (Phi) is 7.51. The lowest BCUT2D eigenvalue weighted by molar-refractivity contribution is 0.445. The molecule has 0 saturated heterocycles. The molecule has 23 heavy (non-hydrogen) atoms. The largest absolute Gasteiger partial charge is 0.370 e. The van der Waals surface area contributed by atoms with E-state index in [4.69, 9.17) is 5.73 Å². The first kappa shape index (κ1) is 19.4. The molecule has 0 heterocycles. The fourth-order valence-electron chi connectivity index (χ4n) is 2.19. The highest BCUT2D eigenvalue weighted by Gasteiger charge is 2.17. The minimum atomic E-state index is -3.27. The van der Waals surface area contributed by atoms with E-state index in [1.165, 1.54) is 9.87 Å². The van der Waals surface area contributed by atoms with Gasteiger partial charge in [0.2, 0.25) is 10.0 Å². The van der Waals surface area contributed by atoms with Crippen LogP contribution >= 0.6 is 0 Å². The van der Waals surface area contributed by atoms with Gasteiger partial charge in [-0.1, -0.05) is 39.8 Å². The Morgan fingerprint density at radius 3 is 2.52 bits per heavy atom. The Balaban J connectivity index is 2.63. The van der Waals surface area contributed by atoms with Gasteiger partial charge in [0.05, 0.1) is 12.3 Å². The topological polar surface area (TPSA) is 87.8 Å². The molecule has 0 aliphatic carbocycles. The van der Waals surface area contributed by atoms with Crippen LogP contribution in [0.3, 0.4) is 0 Å². The van der Waals surface area contributed by atoms with Crippen LogP contribution in [0.5, 0.6) is 0 Å². The van der Waals surface area contributed by atoms with E-state index < -0.39 is 10.0 Å². The molecule has 0 aliphatic heterocycles. The van der Waals surface area contributed by atoms with Gasteiger partial charge in [-0.25, -0.2) is 12.7 Å². The minimum absolute atomic E-state index is 0.0386. The average molecular weight is 340 g/mol. The first-order chi connectivity index (χ1) is 10.8. The number of sulfonamides is 1. The molecule has 0 fully saturated rings. The third-order valence-electron chi connectivity index (χ3n) is 3.56. The Morgan fingerprint density at radius 1 is 1.30 bits per heavy atom. The fourth-order valence-corrected chi connectivity index (χ4v) is 3.56. The van der Waals surface area contributed by atoms with E-state index in [-0.39, 0.29) is 18.3 Å². The van der Waals surface area contributed by atoms with Gasteiger partial charge in [0.25, 0.3) is 0 Å². The maximum atomic E-state index is 12.0. The molecule has 1 rings (SSSR count). The van der Waals surface area contributed by atoms with Crippen molar-refractivity contribution in [1.29, 1.82) is 0 Å². The van der Waals surface area contributed by atoms with Crippen LogP contribution in [0.15, 0.2) is 29.3 Å². The molecular formula is C16H28N4O2S. The highest BCUT2D eigenvalue weighted by molar-refractivity contribution is 7.89. The quantitative estimate of drug-likeness (QED) is 0.561. The number of rotatable bonds is 8. The molecule has 0 radical (unpaired) electrons. The molecule has 7 heteroatoms. The third-order valence-corrected chi connectivity index (χ3v) is 5.56. The van der Waals surface area contributed by atoms with Crippen molar-refractivity contribution in [1.82, 2.24) is 4.31 Å². The standard InChI is InChI=1S/C16H28N4O2S/c1-5-20(6-2)23(21,22)11-10-18-16(17)19-15-9-7-8-14(12-15)13(3)4/h7-9,12-13H,5-6,10-11H2,1-4H3,(H3,17,18,19). The van der Waals surface area contributed by atoms with Gasteiger partial charge in [-0.05, 0) is 23.6 Å². The maximum Gasteiger partial charge on any atom is 0.215 e. The summed E-state index contributed by atoms with van der Waals surface area (Å²) in [6, 6.07) is 7.93. The van der Waals surface area contributed by atoms with E-state index in [1.54, 1.807) is 0 Å². The SMILES string of the molecule is CCN(CC)S(=O)(=O)CCN=C(N)Nc1cccc(C(C)C)c1. The van der Waals surface area contributed by atoms with E-state index in [9.17, 15) is 8.42 Å². The number of nitrogens with one attached hydrogen (secondary N) is 1. The van der Waals surface area contributed by atoms with E-state index in [0.717, 1.165) is 5.69 Å². The molecule has 6 nitrogen and oxygen atoms in total. The van der Waals surface area contributed by atoms with Gasteiger partial charge >= 0.3 is 0 Å². The zero-order valence-electron chi connectivity index (χ0n) is 14.4. The van der Waals surface area contributed by atoms with E-state index in [0.29, 0.717) is 19.0 Å². The second kappa shape index (κ2) is 8.88. The van der Waals surface area contributed by atoms with Gasteiger partial charge in [-0.15, -0.1) is 0 Å². The number of aliphatic imine (C=N–C) groups is 1. The van der Waals surface area contributed by atoms with Crippen molar-refractivity contribution in [3.05, 3.63) is 29.8 Å². The Hall–Kier alpha value is -1.60. The van der Waals surface area contributed by atoms with Gasteiger partial charge in [0.15, 0.2) is 5.96 Å². The van der Waals surface area contributed by atoms with Crippen molar-refractivity contribution in [2.75, 3.05) is 30.7 Å². The summed E-state index contributed by atoms with van der Waals surface area (Å²) < 4.78 is 25.5. The second-order valence-electron chi connectivity index (χ2n) is 5.57. The van der Waals surface area contributed by atoms with Crippen molar-refractivity contribution in [2.24, 2.45) is 10.7 Å². The molecule has 3 N–H and O–H groups in total. The molecule has 0 bridgehead atoms. The zero-order valence-corrected chi connectivity index (χ0v) is 15.2. The van der Waals surface area contributed by atoms with E-state index >= 15 is 0 Å². The summed E-state index contributed by atoms with van der Waals surface area (Å²) in [5.41, 5.74) is 7.88. The zero-order chi connectivity index (χ0) is 17.5. The summed E-state index contributed by atoms with van der Waals surface area (Å²) in [6.45, 7) is 8.96. The molecule has 0 aliphatic rings. The molecule has 0 spiro atoms. The highest BCUT2D eigenvalue weighted by Crippen LogP contribution is 2.18. The molecule has 1 aromatic carbocycles. The first-order valence-electron chi connectivity index (χ1n) is 7.94. The summed E-state index contributed by atoms with van der Waals surface area (Å²) in [6.07, 6.45) is 0. The first-order valence-corrected chi connectivity index (χ1v) is 9.55. The van der Waals surface area contributed by atoms with Gasteiger partial charge in [-0.3, -0.25) is 4.99 Å². The summed E-state index contributed by atoms with van der Waals surface area (Å²) in [5, 5.41) is 3.00. The van der Waals surface area contributed by atoms with Crippen LogP contribution in [0.4, 0.5) is 5.69 Å². The van der Waals surface area contributed by atoms with Crippen molar-refractivity contribution in [2.45, 2.75) is 33.6 Å². The van der Waals surface area contributed by atoms with Crippen LogP contribution in [-0.4, -0.2) is 44.1 Å². The van der Waals surface area contributed by atoms with Crippen LogP contribution in [-0.2, 0) is 10.0 Å². The minimum Gasteiger partial charge on any atom is -0.370 e. The second-order valence-corrected chi connectivity index (χ2v) is 7.66. The number of anilines is 1. The summed E-state index contributed by atoms with van der Waals surface area (Å²) in [7, 11) is -3.27. The molecule has 0 amide bonds. The molecule has 0 aromatic heterocycles.